The first kappa shape index (κ1) is 15.3. The van der Waals surface area contributed by atoms with Crippen LogP contribution < -0.4 is 10.5 Å². The van der Waals surface area contributed by atoms with Crippen LogP contribution in [0, 0.1) is 20.8 Å². The van der Waals surface area contributed by atoms with Gasteiger partial charge in [-0.15, -0.1) is 0 Å². The molecule has 2 N–H and O–H groups in total. The number of rotatable bonds is 6. The third-order valence-electron chi connectivity index (χ3n) is 3.93. The summed E-state index contributed by atoms with van der Waals surface area (Å²) in [5.41, 5.74) is 9.65. The third kappa shape index (κ3) is 3.32. The van der Waals surface area contributed by atoms with E-state index in [1.54, 1.807) is 7.11 Å². The molecular formula is C16H25NO3. The van der Waals surface area contributed by atoms with E-state index in [1.807, 2.05) is 0 Å². The zero-order chi connectivity index (χ0) is 14.7. The molecule has 0 aromatic heterocycles. The minimum absolute atomic E-state index is 0.0367. The molecule has 0 saturated heterocycles. The van der Waals surface area contributed by atoms with Gasteiger partial charge in [0.25, 0.3) is 0 Å². The molecule has 1 saturated carbocycles. The lowest BCUT2D eigenvalue weighted by Gasteiger charge is -2.42. The average molecular weight is 279 g/mol. The first-order chi connectivity index (χ1) is 9.52. The van der Waals surface area contributed by atoms with Crippen molar-refractivity contribution in [2.75, 3.05) is 20.3 Å². The number of methoxy groups -OCH3 is 1. The lowest BCUT2D eigenvalue weighted by molar-refractivity contribution is -0.107. The highest BCUT2D eigenvalue weighted by Gasteiger charge is 2.41. The van der Waals surface area contributed by atoms with E-state index in [0.29, 0.717) is 13.2 Å². The van der Waals surface area contributed by atoms with Crippen molar-refractivity contribution in [3.05, 3.63) is 28.8 Å². The molecule has 2 rings (SSSR count). The fourth-order valence-corrected chi connectivity index (χ4v) is 2.52. The standard InChI is InChI=1S/C16H25NO3/c1-10-7-11(2)12(3)14(8-10)20-15-9-13(17)16(15)19-6-5-18-4/h7-8,13,15-16H,5-6,9,17H2,1-4H3. The fourth-order valence-electron chi connectivity index (χ4n) is 2.52. The molecule has 1 aromatic carbocycles. The predicted octanol–water partition coefficient (Wildman–Crippen LogP) is 2.12. The molecule has 1 aliphatic carbocycles. The number of benzene rings is 1. The summed E-state index contributed by atoms with van der Waals surface area (Å²) in [5, 5.41) is 0. The van der Waals surface area contributed by atoms with Crippen LogP contribution in [-0.4, -0.2) is 38.6 Å². The van der Waals surface area contributed by atoms with Crippen molar-refractivity contribution in [2.45, 2.75) is 45.4 Å². The maximum Gasteiger partial charge on any atom is 0.128 e. The predicted molar refractivity (Wildman–Crippen MR) is 79.3 cm³/mol. The van der Waals surface area contributed by atoms with Crippen LogP contribution in [0.25, 0.3) is 0 Å². The molecule has 0 radical (unpaired) electrons. The van der Waals surface area contributed by atoms with E-state index in [4.69, 9.17) is 19.9 Å². The lowest BCUT2D eigenvalue weighted by Crippen LogP contribution is -2.59. The minimum atomic E-state index is -0.0367. The van der Waals surface area contributed by atoms with Crippen LogP contribution in [0.1, 0.15) is 23.1 Å². The molecule has 0 heterocycles. The van der Waals surface area contributed by atoms with Gasteiger partial charge < -0.3 is 19.9 Å². The van der Waals surface area contributed by atoms with Crippen molar-refractivity contribution in [3.8, 4) is 5.75 Å². The Balaban J connectivity index is 1.99. The number of nitrogens with two attached hydrogens (primary N) is 1. The normalized spacial score (nSPS) is 25.4. The van der Waals surface area contributed by atoms with Crippen molar-refractivity contribution in [1.82, 2.24) is 0 Å². The topological polar surface area (TPSA) is 53.7 Å². The van der Waals surface area contributed by atoms with Gasteiger partial charge in [-0.25, -0.2) is 0 Å². The molecule has 1 aromatic rings. The number of aryl methyl sites for hydroxylation is 2. The summed E-state index contributed by atoms with van der Waals surface area (Å²) in [5.74, 6) is 0.944. The van der Waals surface area contributed by atoms with Crippen LogP contribution in [0.3, 0.4) is 0 Å². The summed E-state index contributed by atoms with van der Waals surface area (Å²) < 4.78 is 16.8. The van der Waals surface area contributed by atoms with Crippen molar-refractivity contribution < 1.29 is 14.2 Å². The smallest absolute Gasteiger partial charge is 0.128 e. The zero-order valence-corrected chi connectivity index (χ0v) is 12.8. The monoisotopic (exact) mass is 279 g/mol. The second-order valence-electron chi connectivity index (χ2n) is 5.59. The highest BCUT2D eigenvalue weighted by molar-refractivity contribution is 5.42. The summed E-state index contributed by atoms with van der Waals surface area (Å²) >= 11 is 0. The molecule has 0 bridgehead atoms. The van der Waals surface area contributed by atoms with Gasteiger partial charge in [0.2, 0.25) is 0 Å². The van der Waals surface area contributed by atoms with E-state index in [1.165, 1.54) is 16.7 Å². The number of hydrogen-bond donors (Lipinski definition) is 1. The van der Waals surface area contributed by atoms with Crippen molar-refractivity contribution in [2.24, 2.45) is 5.73 Å². The molecule has 4 heteroatoms. The van der Waals surface area contributed by atoms with E-state index in [9.17, 15) is 0 Å². The fraction of sp³-hybridized carbons (Fsp3) is 0.625. The van der Waals surface area contributed by atoms with Gasteiger partial charge in [0.05, 0.1) is 13.2 Å². The first-order valence-electron chi connectivity index (χ1n) is 7.13. The second-order valence-corrected chi connectivity index (χ2v) is 5.59. The molecule has 20 heavy (non-hydrogen) atoms. The van der Waals surface area contributed by atoms with Gasteiger partial charge >= 0.3 is 0 Å². The van der Waals surface area contributed by atoms with Gasteiger partial charge in [0.15, 0.2) is 0 Å². The van der Waals surface area contributed by atoms with Crippen LogP contribution in [0.15, 0.2) is 12.1 Å². The van der Waals surface area contributed by atoms with E-state index in [2.05, 4.69) is 32.9 Å². The molecule has 0 amide bonds. The van der Waals surface area contributed by atoms with Crippen LogP contribution in [0.5, 0.6) is 5.75 Å². The van der Waals surface area contributed by atoms with E-state index in [-0.39, 0.29) is 18.2 Å². The summed E-state index contributed by atoms with van der Waals surface area (Å²) in [6.45, 7) is 7.41. The van der Waals surface area contributed by atoms with Crippen LogP contribution >= 0.6 is 0 Å². The lowest BCUT2D eigenvalue weighted by atomic mass is 9.86. The molecular weight excluding hydrogens is 254 g/mol. The molecule has 0 aliphatic heterocycles. The van der Waals surface area contributed by atoms with Gasteiger partial charge in [-0.1, -0.05) is 6.07 Å². The van der Waals surface area contributed by atoms with Crippen molar-refractivity contribution in [1.29, 1.82) is 0 Å². The molecule has 112 valence electrons. The average Bonchev–Trinajstić information content (AvgIpc) is 2.39. The molecule has 3 unspecified atom stereocenters. The second kappa shape index (κ2) is 6.57. The van der Waals surface area contributed by atoms with Crippen molar-refractivity contribution >= 4 is 0 Å². The maximum absolute atomic E-state index is 6.11. The van der Waals surface area contributed by atoms with E-state index in [0.717, 1.165) is 12.2 Å². The zero-order valence-electron chi connectivity index (χ0n) is 12.8. The Morgan fingerprint density at radius 2 is 1.95 bits per heavy atom. The Hall–Kier alpha value is -1.10. The Bertz CT molecular complexity index is 461. The molecule has 0 spiro atoms. The summed E-state index contributed by atoms with van der Waals surface area (Å²) in [6, 6.07) is 4.31. The summed E-state index contributed by atoms with van der Waals surface area (Å²) in [4.78, 5) is 0. The molecule has 3 atom stereocenters. The van der Waals surface area contributed by atoms with E-state index >= 15 is 0 Å². The Morgan fingerprint density at radius 3 is 2.60 bits per heavy atom. The van der Waals surface area contributed by atoms with Gasteiger partial charge in [0.1, 0.15) is 18.0 Å². The SMILES string of the molecule is COCCOC1C(N)CC1Oc1cc(C)cc(C)c1C. The van der Waals surface area contributed by atoms with Gasteiger partial charge in [0, 0.05) is 19.6 Å². The van der Waals surface area contributed by atoms with E-state index < -0.39 is 0 Å². The Morgan fingerprint density at radius 1 is 1.20 bits per heavy atom. The summed E-state index contributed by atoms with van der Waals surface area (Å²) in [6.07, 6.45) is 0.844. The van der Waals surface area contributed by atoms with Crippen LogP contribution in [0.4, 0.5) is 0 Å². The largest absolute Gasteiger partial charge is 0.487 e. The molecule has 1 fully saturated rings. The highest BCUT2D eigenvalue weighted by atomic mass is 16.6. The van der Waals surface area contributed by atoms with Crippen LogP contribution in [0.2, 0.25) is 0 Å². The molecule has 1 aliphatic rings. The van der Waals surface area contributed by atoms with Gasteiger partial charge in [-0.05, 0) is 43.5 Å². The Kier molecular flexibility index (Phi) is 5.02. The molecule has 4 nitrogen and oxygen atoms in total. The van der Waals surface area contributed by atoms with Crippen molar-refractivity contribution in [3.63, 3.8) is 0 Å². The van der Waals surface area contributed by atoms with Crippen LogP contribution in [-0.2, 0) is 9.47 Å². The highest BCUT2D eigenvalue weighted by Crippen LogP contribution is 2.31. The summed E-state index contributed by atoms with van der Waals surface area (Å²) in [7, 11) is 1.66. The van der Waals surface area contributed by atoms with Gasteiger partial charge in [-0.2, -0.15) is 0 Å². The van der Waals surface area contributed by atoms with Gasteiger partial charge in [-0.3, -0.25) is 0 Å². The third-order valence-corrected chi connectivity index (χ3v) is 3.93. The Labute approximate surface area is 121 Å². The maximum atomic E-state index is 6.11. The quantitative estimate of drug-likeness (QED) is 0.810. The first-order valence-corrected chi connectivity index (χ1v) is 7.13. The number of hydrogen-bond acceptors (Lipinski definition) is 4. The minimum Gasteiger partial charge on any atom is -0.487 e. The number of ether oxygens (including phenoxy) is 3.